The average Bonchev–Trinajstić information content (AvgIpc) is 2.18. The molecule has 1 rings (SSSR count). The summed E-state index contributed by atoms with van der Waals surface area (Å²) in [6.45, 7) is 7.50. The highest BCUT2D eigenvalue weighted by Crippen LogP contribution is 2.26. The molecule has 94 valence electrons. The van der Waals surface area contributed by atoms with Gasteiger partial charge in [-0.2, -0.15) is 0 Å². The summed E-state index contributed by atoms with van der Waals surface area (Å²) in [6.07, 6.45) is 0.779. The molecule has 0 atom stereocenters. The van der Waals surface area contributed by atoms with Crippen molar-refractivity contribution in [3.05, 3.63) is 27.7 Å². The Kier molecular flexibility index (Phi) is 4.20. The van der Waals surface area contributed by atoms with Gasteiger partial charge in [-0.05, 0) is 44.9 Å². The van der Waals surface area contributed by atoms with Crippen LogP contribution < -0.4 is 5.73 Å². The molecular weight excluding hydrogens is 282 g/mol. The van der Waals surface area contributed by atoms with E-state index in [9.17, 15) is 4.79 Å². The summed E-state index contributed by atoms with van der Waals surface area (Å²) in [6, 6.07) is 3.62. The fraction of sp³-hybridized carbons (Fsp3) is 0.462. The number of halogens is 1. The molecule has 0 amide bonds. The van der Waals surface area contributed by atoms with Crippen LogP contribution in [0.15, 0.2) is 16.6 Å². The zero-order valence-corrected chi connectivity index (χ0v) is 12.2. The second-order valence-electron chi connectivity index (χ2n) is 4.88. The van der Waals surface area contributed by atoms with E-state index in [1.807, 2.05) is 33.8 Å². The van der Waals surface area contributed by atoms with E-state index in [0.29, 0.717) is 11.3 Å². The van der Waals surface area contributed by atoms with Crippen molar-refractivity contribution in [2.24, 2.45) is 0 Å². The van der Waals surface area contributed by atoms with E-state index in [0.717, 1.165) is 16.5 Å². The molecule has 0 aliphatic carbocycles. The van der Waals surface area contributed by atoms with Crippen LogP contribution in [0.1, 0.15) is 43.6 Å². The molecule has 2 N–H and O–H groups in total. The van der Waals surface area contributed by atoms with Gasteiger partial charge in [0.2, 0.25) is 0 Å². The highest BCUT2D eigenvalue weighted by atomic mass is 79.9. The molecule has 0 saturated carbocycles. The van der Waals surface area contributed by atoms with Gasteiger partial charge in [0.05, 0.1) is 5.56 Å². The Morgan fingerprint density at radius 2 is 2.00 bits per heavy atom. The van der Waals surface area contributed by atoms with Crippen LogP contribution in [0.3, 0.4) is 0 Å². The maximum atomic E-state index is 12.0. The number of anilines is 1. The Morgan fingerprint density at radius 1 is 1.41 bits per heavy atom. The summed E-state index contributed by atoms with van der Waals surface area (Å²) < 4.78 is 6.16. The Morgan fingerprint density at radius 3 is 2.47 bits per heavy atom. The van der Waals surface area contributed by atoms with Gasteiger partial charge < -0.3 is 10.5 Å². The van der Waals surface area contributed by atoms with Crippen molar-refractivity contribution < 1.29 is 9.53 Å². The van der Waals surface area contributed by atoms with Gasteiger partial charge in [-0.15, -0.1) is 0 Å². The number of aryl methyl sites for hydroxylation is 1. The maximum absolute atomic E-state index is 12.0. The molecule has 0 bridgehead atoms. The lowest BCUT2D eigenvalue weighted by Crippen LogP contribution is -2.24. The van der Waals surface area contributed by atoms with Crippen LogP contribution in [0, 0.1) is 0 Å². The minimum absolute atomic E-state index is 0.383. The van der Waals surface area contributed by atoms with Crippen molar-refractivity contribution in [3.63, 3.8) is 0 Å². The largest absolute Gasteiger partial charge is 0.456 e. The van der Waals surface area contributed by atoms with E-state index >= 15 is 0 Å². The smallest absolute Gasteiger partial charge is 0.340 e. The summed E-state index contributed by atoms with van der Waals surface area (Å²) in [7, 11) is 0. The van der Waals surface area contributed by atoms with Crippen molar-refractivity contribution >= 4 is 27.6 Å². The monoisotopic (exact) mass is 299 g/mol. The minimum Gasteiger partial charge on any atom is -0.456 e. The van der Waals surface area contributed by atoms with Gasteiger partial charge in [0, 0.05) is 10.2 Å². The summed E-state index contributed by atoms with van der Waals surface area (Å²) in [4.78, 5) is 12.0. The molecule has 0 aliphatic rings. The number of hydrogen-bond acceptors (Lipinski definition) is 3. The Bertz CT molecular complexity index is 436. The third-order valence-electron chi connectivity index (χ3n) is 2.23. The van der Waals surface area contributed by atoms with Crippen molar-refractivity contribution in [3.8, 4) is 0 Å². The third-order valence-corrected chi connectivity index (χ3v) is 2.69. The van der Waals surface area contributed by atoms with Gasteiger partial charge >= 0.3 is 5.97 Å². The lowest BCUT2D eigenvalue weighted by atomic mass is 10.1. The molecule has 0 aliphatic heterocycles. The SMILES string of the molecule is CCc1cc(Br)cc(C(=O)OC(C)(C)C)c1N. The quantitative estimate of drug-likeness (QED) is 0.671. The third kappa shape index (κ3) is 3.73. The number of benzene rings is 1. The molecule has 1 aromatic carbocycles. The number of esters is 1. The summed E-state index contributed by atoms with van der Waals surface area (Å²) in [5.74, 6) is -0.383. The number of rotatable bonds is 2. The molecule has 0 heterocycles. The van der Waals surface area contributed by atoms with E-state index in [1.54, 1.807) is 6.07 Å². The second kappa shape index (κ2) is 5.08. The van der Waals surface area contributed by atoms with E-state index in [-0.39, 0.29) is 5.97 Å². The van der Waals surface area contributed by atoms with Crippen molar-refractivity contribution in [1.29, 1.82) is 0 Å². The zero-order valence-electron chi connectivity index (χ0n) is 10.6. The molecule has 17 heavy (non-hydrogen) atoms. The van der Waals surface area contributed by atoms with Crippen LogP contribution in [0.5, 0.6) is 0 Å². The predicted octanol–water partition coefficient (Wildman–Crippen LogP) is 3.55. The number of nitrogens with two attached hydrogens (primary N) is 1. The summed E-state index contributed by atoms with van der Waals surface area (Å²) in [5, 5.41) is 0. The zero-order chi connectivity index (χ0) is 13.2. The normalized spacial score (nSPS) is 11.4. The van der Waals surface area contributed by atoms with Gasteiger partial charge in [0.1, 0.15) is 5.60 Å². The van der Waals surface area contributed by atoms with Gasteiger partial charge in [-0.3, -0.25) is 0 Å². The molecule has 0 radical (unpaired) electrons. The van der Waals surface area contributed by atoms with E-state index in [1.165, 1.54) is 0 Å². The summed E-state index contributed by atoms with van der Waals surface area (Å²) >= 11 is 3.37. The van der Waals surface area contributed by atoms with E-state index in [2.05, 4.69) is 15.9 Å². The molecule has 0 fully saturated rings. The molecule has 4 heteroatoms. The number of nitrogen functional groups attached to an aromatic ring is 1. The maximum Gasteiger partial charge on any atom is 0.340 e. The lowest BCUT2D eigenvalue weighted by Gasteiger charge is -2.20. The predicted molar refractivity (Wildman–Crippen MR) is 73.1 cm³/mol. The highest BCUT2D eigenvalue weighted by Gasteiger charge is 2.21. The number of carbonyl (C=O) groups excluding carboxylic acids is 1. The lowest BCUT2D eigenvalue weighted by molar-refractivity contribution is 0.00706. The Labute approximate surface area is 110 Å². The average molecular weight is 300 g/mol. The van der Waals surface area contributed by atoms with Gasteiger partial charge in [-0.1, -0.05) is 22.9 Å². The van der Waals surface area contributed by atoms with Gasteiger partial charge in [0.15, 0.2) is 0 Å². The molecule has 0 spiro atoms. The first-order valence-corrected chi connectivity index (χ1v) is 6.35. The topological polar surface area (TPSA) is 52.3 Å². The Hall–Kier alpha value is -1.03. The first kappa shape index (κ1) is 14.0. The molecule has 3 nitrogen and oxygen atoms in total. The van der Waals surface area contributed by atoms with Crippen molar-refractivity contribution in [1.82, 2.24) is 0 Å². The molecule has 0 saturated heterocycles. The molecule has 0 unspecified atom stereocenters. The molecular formula is C13H18BrNO2. The van der Waals surface area contributed by atoms with Crippen LogP contribution in [0.25, 0.3) is 0 Å². The molecule has 1 aromatic rings. The standard InChI is InChI=1S/C13H18BrNO2/c1-5-8-6-9(14)7-10(11(8)15)12(16)17-13(2,3)4/h6-7H,5,15H2,1-4H3. The first-order valence-electron chi connectivity index (χ1n) is 5.56. The van der Waals surface area contributed by atoms with E-state index in [4.69, 9.17) is 10.5 Å². The van der Waals surface area contributed by atoms with Crippen LogP contribution in [0.2, 0.25) is 0 Å². The Balaban J connectivity index is 3.14. The van der Waals surface area contributed by atoms with Crippen LogP contribution >= 0.6 is 15.9 Å². The van der Waals surface area contributed by atoms with Crippen LogP contribution in [-0.4, -0.2) is 11.6 Å². The van der Waals surface area contributed by atoms with Gasteiger partial charge in [-0.25, -0.2) is 4.79 Å². The van der Waals surface area contributed by atoms with Crippen LogP contribution in [0.4, 0.5) is 5.69 Å². The minimum atomic E-state index is -0.516. The van der Waals surface area contributed by atoms with Crippen molar-refractivity contribution in [2.75, 3.05) is 5.73 Å². The number of carbonyl (C=O) groups is 1. The van der Waals surface area contributed by atoms with E-state index < -0.39 is 5.60 Å². The van der Waals surface area contributed by atoms with Gasteiger partial charge in [0.25, 0.3) is 0 Å². The van der Waals surface area contributed by atoms with Crippen LogP contribution in [-0.2, 0) is 11.2 Å². The molecule has 0 aromatic heterocycles. The highest BCUT2D eigenvalue weighted by molar-refractivity contribution is 9.10. The number of ether oxygens (including phenoxy) is 1. The first-order chi connectivity index (χ1) is 7.74. The number of hydrogen-bond donors (Lipinski definition) is 1. The fourth-order valence-corrected chi connectivity index (χ4v) is 1.97. The van der Waals surface area contributed by atoms with Crippen molar-refractivity contribution in [2.45, 2.75) is 39.7 Å². The summed E-state index contributed by atoms with van der Waals surface area (Å²) in [5.41, 5.74) is 7.32. The fourth-order valence-electron chi connectivity index (χ4n) is 1.47. The second-order valence-corrected chi connectivity index (χ2v) is 5.80.